The summed E-state index contributed by atoms with van der Waals surface area (Å²) < 4.78 is 0. The van der Waals surface area contributed by atoms with Gasteiger partial charge in [0.25, 0.3) is 0 Å². The molecule has 0 bridgehead atoms. The van der Waals surface area contributed by atoms with Gasteiger partial charge in [0.15, 0.2) is 0 Å². The summed E-state index contributed by atoms with van der Waals surface area (Å²) in [6.45, 7) is 4.89. The Morgan fingerprint density at radius 1 is 1.07 bits per heavy atom. The molecular weight excluding hydrogens is 374 g/mol. The zero-order valence-electron chi connectivity index (χ0n) is 15.1. The van der Waals surface area contributed by atoms with Crippen LogP contribution in [-0.2, 0) is 6.42 Å². The molecule has 27 heavy (non-hydrogen) atoms. The largest absolute Gasteiger partial charge is 0.354 e. The molecular formula is C20H19N5S2. The Hall–Kier alpha value is -2.64. The summed E-state index contributed by atoms with van der Waals surface area (Å²) >= 11 is 3.34. The maximum Gasteiger partial charge on any atom is 0.223 e. The predicted molar refractivity (Wildman–Crippen MR) is 112 cm³/mol. The second kappa shape index (κ2) is 7.94. The van der Waals surface area contributed by atoms with Crippen molar-refractivity contribution >= 4 is 28.6 Å². The molecule has 136 valence electrons. The number of pyridine rings is 1. The van der Waals surface area contributed by atoms with Gasteiger partial charge in [-0.1, -0.05) is 0 Å². The molecule has 4 heterocycles. The highest BCUT2D eigenvalue weighted by molar-refractivity contribution is 7.15. The molecule has 0 aliphatic heterocycles. The van der Waals surface area contributed by atoms with Crippen LogP contribution in [0, 0.1) is 13.8 Å². The van der Waals surface area contributed by atoms with Crippen LogP contribution in [0.3, 0.4) is 0 Å². The van der Waals surface area contributed by atoms with Gasteiger partial charge in [0, 0.05) is 35.6 Å². The lowest BCUT2D eigenvalue weighted by molar-refractivity contribution is 0.980. The molecule has 0 saturated heterocycles. The van der Waals surface area contributed by atoms with Crippen molar-refractivity contribution in [2.75, 3.05) is 11.9 Å². The van der Waals surface area contributed by atoms with Gasteiger partial charge in [0.1, 0.15) is 10.7 Å². The van der Waals surface area contributed by atoms with Gasteiger partial charge in [-0.3, -0.25) is 4.98 Å². The van der Waals surface area contributed by atoms with Crippen molar-refractivity contribution in [3.8, 4) is 21.8 Å². The van der Waals surface area contributed by atoms with E-state index in [9.17, 15) is 0 Å². The van der Waals surface area contributed by atoms with Crippen molar-refractivity contribution in [1.29, 1.82) is 0 Å². The number of hydrogen-bond acceptors (Lipinski definition) is 7. The van der Waals surface area contributed by atoms with Crippen molar-refractivity contribution in [2.45, 2.75) is 20.3 Å². The quantitative estimate of drug-likeness (QED) is 0.500. The van der Waals surface area contributed by atoms with Crippen LogP contribution in [0.25, 0.3) is 21.8 Å². The molecule has 0 spiro atoms. The molecule has 7 heteroatoms. The number of nitrogens with one attached hydrogen (secondary N) is 1. The first-order chi connectivity index (χ1) is 13.2. The number of thiazole rings is 1. The van der Waals surface area contributed by atoms with Crippen LogP contribution in [-0.4, -0.2) is 26.5 Å². The summed E-state index contributed by atoms with van der Waals surface area (Å²) in [5.41, 5.74) is 5.32. The van der Waals surface area contributed by atoms with Crippen LogP contribution in [0.1, 0.15) is 16.1 Å². The topological polar surface area (TPSA) is 63.6 Å². The van der Waals surface area contributed by atoms with E-state index in [1.165, 1.54) is 10.4 Å². The van der Waals surface area contributed by atoms with E-state index in [1.54, 1.807) is 22.7 Å². The molecule has 0 unspecified atom stereocenters. The van der Waals surface area contributed by atoms with Crippen molar-refractivity contribution in [3.63, 3.8) is 0 Å². The minimum atomic E-state index is 0.628. The maximum atomic E-state index is 4.80. The second-order valence-corrected chi connectivity index (χ2v) is 8.14. The van der Waals surface area contributed by atoms with Crippen LogP contribution in [0.4, 0.5) is 5.95 Å². The summed E-state index contributed by atoms with van der Waals surface area (Å²) in [6.07, 6.45) is 6.41. The first-order valence-electron chi connectivity index (χ1n) is 8.67. The molecule has 0 amide bonds. The number of thiophene rings is 1. The summed E-state index contributed by atoms with van der Waals surface area (Å²) in [4.78, 5) is 19.3. The zero-order valence-corrected chi connectivity index (χ0v) is 16.8. The van der Waals surface area contributed by atoms with E-state index >= 15 is 0 Å². The minimum Gasteiger partial charge on any atom is -0.354 e. The van der Waals surface area contributed by atoms with E-state index in [-0.39, 0.29) is 0 Å². The van der Waals surface area contributed by atoms with Gasteiger partial charge in [0.2, 0.25) is 5.95 Å². The number of anilines is 1. The fourth-order valence-electron chi connectivity index (χ4n) is 2.70. The fourth-order valence-corrected chi connectivity index (χ4v) is 4.28. The molecule has 0 saturated carbocycles. The van der Waals surface area contributed by atoms with E-state index in [0.717, 1.165) is 40.5 Å². The monoisotopic (exact) mass is 393 g/mol. The second-order valence-electron chi connectivity index (χ2n) is 6.16. The molecule has 0 radical (unpaired) electrons. The Morgan fingerprint density at radius 2 is 1.93 bits per heavy atom. The number of aryl methyl sites for hydroxylation is 2. The predicted octanol–water partition coefficient (Wildman–Crippen LogP) is 5.00. The van der Waals surface area contributed by atoms with Crippen molar-refractivity contribution < 1.29 is 0 Å². The van der Waals surface area contributed by atoms with Gasteiger partial charge in [-0.25, -0.2) is 15.0 Å². The molecule has 0 atom stereocenters. The number of rotatable bonds is 6. The van der Waals surface area contributed by atoms with Gasteiger partial charge >= 0.3 is 0 Å². The van der Waals surface area contributed by atoms with E-state index in [0.29, 0.717) is 5.95 Å². The smallest absolute Gasteiger partial charge is 0.223 e. The average Bonchev–Trinajstić information content (AvgIpc) is 3.33. The Labute approximate surface area is 166 Å². The van der Waals surface area contributed by atoms with E-state index in [2.05, 4.69) is 39.0 Å². The van der Waals surface area contributed by atoms with Crippen molar-refractivity contribution in [1.82, 2.24) is 19.9 Å². The van der Waals surface area contributed by atoms with Crippen LogP contribution in [0.2, 0.25) is 0 Å². The molecule has 4 rings (SSSR count). The normalized spacial score (nSPS) is 10.9. The fraction of sp³-hybridized carbons (Fsp3) is 0.200. The Balaban J connectivity index is 1.61. The highest BCUT2D eigenvalue weighted by Gasteiger charge is 2.16. The van der Waals surface area contributed by atoms with Crippen LogP contribution >= 0.6 is 22.7 Å². The summed E-state index contributed by atoms with van der Waals surface area (Å²) in [7, 11) is 0. The standard InChI is InChI=1S/C20H19N5S2/c1-13-14(2)27-19(24-13)18-17(16-6-10-26-12-16)11-23-20(25-18)22-9-5-15-3-7-21-8-4-15/h3-4,6-8,10-12H,5,9H2,1-2H3,(H,22,23,25). The van der Waals surface area contributed by atoms with E-state index < -0.39 is 0 Å². The third-order valence-electron chi connectivity index (χ3n) is 4.30. The zero-order chi connectivity index (χ0) is 18.6. The minimum absolute atomic E-state index is 0.628. The number of nitrogens with zero attached hydrogens (tertiary/aromatic N) is 4. The van der Waals surface area contributed by atoms with E-state index in [1.807, 2.05) is 37.6 Å². The molecule has 1 N–H and O–H groups in total. The van der Waals surface area contributed by atoms with Gasteiger partial charge in [-0.2, -0.15) is 11.3 Å². The van der Waals surface area contributed by atoms with Gasteiger partial charge in [-0.05, 0) is 60.4 Å². The third kappa shape index (κ3) is 4.04. The van der Waals surface area contributed by atoms with Crippen molar-refractivity contribution in [2.24, 2.45) is 0 Å². The molecule has 5 nitrogen and oxygen atoms in total. The van der Waals surface area contributed by atoms with Crippen molar-refractivity contribution in [3.05, 3.63) is 63.7 Å². The highest BCUT2D eigenvalue weighted by Crippen LogP contribution is 2.35. The molecule has 0 aromatic carbocycles. The molecule has 0 fully saturated rings. The lowest BCUT2D eigenvalue weighted by Gasteiger charge is -2.09. The highest BCUT2D eigenvalue weighted by atomic mass is 32.1. The average molecular weight is 394 g/mol. The van der Waals surface area contributed by atoms with Gasteiger partial charge in [-0.15, -0.1) is 11.3 Å². The number of hydrogen-bond donors (Lipinski definition) is 1. The van der Waals surface area contributed by atoms with E-state index in [4.69, 9.17) is 9.97 Å². The molecule has 0 aliphatic carbocycles. The maximum absolute atomic E-state index is 4.80. The lowest BCUT2D eigenvalue weighted by Crippen LogP contribution is -2.08. The first-order valence-corrected chi connectivity index (χ1v) is 10.4. The molecule has 0 aliphatic rings. The van der Waals surface area contributed by atoms with Gasteiger partial charge < -0.3 is 5.32 Å². The van der Waals surface area contributed by atoms with Crippen LogP contribution < -0.4 is 5.32 Å². The number of aromatic nitrogens is 4. The molecule has 4 aromatic rings. The SMILES string of the molecule is Cc1nc(-c2nc(NCCc3ccncc3)ncc2-c2ccsc2)sc1C. The first kappa shape index (κ1) is 17.8. The van der Waals surface area contributed by atoms with Crippen LogP contribution in [0.5, 0.6) is 0 Å². The summed E-state index contributed by atoms with van der Waals surface area (Å²) in [5.74, 6) is 0.628. The van der Waals surface area contributed by atoms with Gasteiger partial charge in [0.05, 0.1) is 5.69 Å². The Morgan fingerprint density at radius 3 is 2.63 bits per heavy atom. The van der Waals surface area contributed by atoms with Crippen LogP contribution in [0.15, 0.2) is 47.5 Å². The Kier molecular flexibility index (Phi) is 5.22. The summed E-state index contributed by atoms with van der Waals surface area (Å²) in [6, 6.07) is 6.14. The third-order valence-corrected chi connectivity index (χ3v) is 6.06. The Bertz CT molecular complexity index is 1010. The lowest BCUT2D eigenvalue weighted by atomic mass is 10.1. The molecule has 4 aromatic heterocycles. The summed E-state index contributed by atoms with van der Waals surface area (Å²) in [5, 5.41) is 8.45.